The molecule has 0 saturated carbocycles. The Kier molecular flexibility index (Phi) is 7.24. The van der Waals surface area contributed by atoms with Gasteiger partial charge in [0, 0.05) is 31.2 Å². The molecule has 56 heavy (non-hydrogen) atoms. The summed E-state index contributed by atoms with van der Waals surface area (Å²) in [5, 5.41) is 4.75. The minimum absolute atomic E-state index is 0.00427. The average Bonchev–Trinajstić information content (AvgIpc) is 3.90. The Bertz CT molecular complexity index is 3100. The van der Waals surface area contributed by atoms with E-state index in [0.29, 0.717) is 0 Å². The number of anilines is 3. The zero-order valence-corrected chi connectivity index (χ0v) is 32.4. The largest absolute Gasteiger partial charge is 0.456 e. The molecule has 0 amide bonds. The molecular formula is C53H39NOS. The quantitative estimate of drug-likeness (QED) is 0.175. The van der Waals surface area contributed by atoms with Crippen LogP contribution in [0.5, 0.6) is 0 Å². The molecule has 1 aliphatic rings. The molecule has 0 N–H and O–H groups in total. The summed E-state index contributed by atoms with van der Waals surface area (Å²) in [6.07, 6.45) is 0. The lowest BCUT2D eigenvalue weighted by Gasteiger charge is -2.35. The van der Waals surface area contributed by atoms with E-state index < -0.39 is 5.41 Å². The first-order valence-corrected chi connectivity index (χ1v) is 20.2. The van der Waals surface area contributed by atoms with Crippen LogP contribution in [0.15, 0.2) is 186 Å². The second-order valence-electron chi connectivity index (χ2n) is 16.1. The SMILES string of the molecule is CC(C)(C)c1ccc2c(c1)oc1cccc(N(c3cccc(C4(c5ccccc5)c5ccccc5-c5ccccc54)c3)c3cccc4sc5ccccc5c34)c12. The number of nitrogens with zero attached hydrogens (tertiary/aromatic N) is 1. The van der Waals surface area contributed by atoms with E-state index in [-0.39, 0.29) is 5.41 Å². The Morgan fingerprint density at radius 3 is 1.88 bits per heavy atom. The van der Waals surface area contributed by atoms with Crippen LogP contribution in [0.1, 0.15) is 48.6 Å². The summed E-state index contributed by atoms with van der Waals surface area (Å²) < 4.78 is 9.28. The van der Waals surface area contributed by atoms with Crippen LogP contribution < -0.4 is 4.90 Å². The molecular weight excluding hydrogens is 699 g/mol. The average molecular weight is 738 g/mol. The predicted octanol–water partition coefficient (Wildman–Crippen LogP) is 15.1. The van der Waals surface area contributed by atoms with E-state index in [4.69, 9.17) is 4.42 Å². The van der Waals surface area contributed by atoms with Crippen molar-refractivity contribution in [2.45, 2.75) is 31.6 Å². The van der Waals surface area contributed by atoms with Gasteiger partial charge in [0.15, 0.2) is 0 Å². The number of thiophene rings is 1. The topological polar surface area (TPSA) is 16.4 Å². The standard InChI is InChI=1S/C53H39NOS/c1-52(2,3)35-30-31-40-47(33-35)55-46-27-14-25-44(50(40)46)54(45-26-15-29-49-51(45)41-22-9-12-28-48(41)56-49)37-19-13-18-36(32-37)53(34-16-5-4-6-17-34)42-23-10-7-20-38(42)39-21-8-11-24-43(39)53/h4-33H,1-3H3. The Balaban J connectivity index is 1.24. The molecule has 3 heteroatoms. The summed E-state index contributed by atoms with van der Waals surface area (Å²) in [5.74, 6) is 0. The van der Waals surface area contributed by atoms with Gasteiger partial charge in [0.25, 0.3) is 0 Å². The zero-order valence-electron chi connectivity index (χ0n) is 31.6. The van der Waals surface area contributed by atoms with Crippen LogP contribution in [0, 0.1) is 0 Å². The van der Waals surface area contributed by atoms with E-state index >= 15 is 0 Å². The third-order valence-electron chi connectivity index (χ3n) is 11.9. The highest BCUT2D eigenvalue weighted by atomic mass is 32.1. The van der Waals surface area contributed by atoms with Crippen molar-refractivity contribution in [1.29, 1.82) is 0 Å². The van der Waals surface area contributed by atoms with Crippen LogP contribution in [0.2, 0.25) is 0 Å². The summed E-state index contributed by atoms with van der Waals surface area (Å²) in [4.78, 5) is 2.49. The van der Waals surface area contributed by atoms with Gasteiger partial charge in [0.05, 0.1) is 22.2 Å². The van der Waals surface area contributed by atoms with Gasteiger partial charge in [-0.15, -0.1) is 11.3 Å². The van der Waals surface area contributed by atoms with Gasteiger partial charge in [-0.2, -0.15) is 0 Å². The molecule has 10 aromatic rings. The van der Waals surface area contributed by atoms with Gasteiger partial charge >= 0.3 is 0 Å². The van der Waals surface area contributed by atoms with E-state index in [9.17, 15) is 0 Å². The molecule has 0 unspecified atom stereocenters. The lowest BCUT2D eigenvalue weighted by Crippen LogP contribution is -2.28. The third kappa shape index (κ3) is 4.74. The summed E-state index contributed by atoms with van der Waals surface area (Å²) in [5.41, 5.74) is 13.5. The molecule has 0 aliphatic heterocycles. The summed E-state index contributed by atoms with van der Waals surface area (Å²) in [6.45, 7) is 6.77. The van der Waals surface area contributed by atoms with Gasteiger partial charge in [0.1, 0.15) is 11.2 Å². The molecule has 0 atom stereocenters. The van der Waals surface area contributed by atoms with Crippen LogP contribution in [0.25, 0.3) is 53.2 Å². The predicted molar refractivity (Wildman–Crippen MR) is 237 cm³/mol. The van der Waals surface area contributed by atoms with Gasteiger partial charge < -0.3 is 9.32 Å². The fourth-order valence-electron chi connectivity index (χ4n) is 9.40. The van der Waals surface area contributed by atoms with E-state index in [2.05, 4.69) is 208 Å². The molecule has 0 spiro atoms. The van der Waals surface area contributed by atoms with Crippen molar-refractivity contribution in [3.05, 3.63) is 210 Å². The summed E-state index contributed by atoms with van der Waals surface area (Å²) >= 11 is 1.85. The van der Waals surface area contributed by atoms with Crippen LogP contribution in [-0.4, -0.2) is 0 Å². The normalized spacial score (nSPS) is 13.4. The lowest BCUT2D eigenvalue weighted by atomic mass is 9.67. The minimum Gasteiger partial charge on any atom is -0.456 e. The van der Waals surface area contributed by atoms with E-state index in [1.165, 1.54) is 59.1 Å². The maximum atomic E-state index is 6.73. The van der Waals surface area contributed by atoms with Crippen molar-refractivity contribution in [3.63, 3.8) is 0 Å². The van der Waals surface area contributed by atoms with Crippen molar-refractivity contribution >= 4 is 70.5 Å². The van der Waals surface area contributed by atoms with Crippen molar-refractivity contribution in [3.8, 4) is 11.1 Å². The smallest absolute Gasteiger partial charge is 0.137 e. The fraction of sp³-hybridized carbons (Fsp3) is 0.0943. The molecule has 1 aliphatic carbocycles. The van der Waals surface area contributed by atoms with Crippen molar-refractivity contribution < 1.29 is 4.42 Å². The molecule has 268 valence electrons. The Morgan fingerprint density at radius 2 is 1.11 bits per heavy atom. The van der Waals surface area contributed by atoms with Crippen LogP contribution in [0.3, 0.4) is 0 Å². The Morgan fingerprint density at radius 1 is 0.482 bits per heavy atom. The Labute approximate surface area is 330 Å². The number of hydrogen-bond donors (Lipinski definition) is 0. The van der Waals surface area contributed by atoms with Gasteiger partial charge in [-0.3, -0.25) is 0 Å². The number of fused-ring (bicyclic) bond motifs is 9. The molecule has 0 saturated heterocycles. The summed E-state index contributed by atoms with van der Waals surface area (Å²) in [7, 11) is 0. The highest BCUT2D eigenvalue weighted by molar-refractivity contribution is 7.26. The second-order valence-corrected chi connectivity index (χ2v) is 17.1. The molecule has 8 aromatic carbocycles. The van der Waals surface area contributed by atoms with Crippen LogP contribution >= 0.6 is 11.3 Å². The molecule has 0 bridgehead atoms. The number of hydrogen-bond acceptors (Lipinski definition) is 3. The molecule has 2 aromatic heterocycles. The molecule has 2 nitrogen and oxygen atoms in total. The minimum atomic E-state index is -0.519. The van der Waals surface area contributed by atoms with Crippen LogP contribution in [0.4, 0.5) is 17.1 Å². The number of furan rings is 1. The molecule has 0 fully saturated rings. The zero-order chi connectivity index (χ0) is 37.6. The van der Waals surface area contributed by atoms with E-state index in [1.54, 1.807) is 0 Å². The number of rotatable bonds is 5. The van der Waals surface area contributed by atoms with Gasteiger partial charge in [-0.1, -0.05) is 154 Å². The Hall–Kier alpha value is -6.42. The molecule has 0 radical (unpaired) electrons. The highest BCUT2D eigenvalue weighted by Gasteiger charge is 2.46. The summed E-state index contributed by atoms with van der Waals surface area (Å²) in [6, 6.07) is 67.2. The first-order valence-electron chi connectivity index (χ1n) is 19.4. The monoisotopic (exact) mass is 737 g/mol. The van der Waals surface area contributed by atoms with Gasteiger partial charge in [-0.05, 0) is 92.9 Å². The van der Waals surface area contributed by atoms with Crippen LogP contribution in [-0.2, 0) is 10.8 Å². The molecule has 2 heterocycles. The highest BCUT2D eigenvalue weighted by Crippen LogP contribution is 2.57. The maximum Gasteiger partial charge on any atom is 0.137 e. The fourth-order valence-corrected chi connectivity index (χ4v) is 10.5. The maximum absolute atomic E-state index is 6.73. The van der Waals surface area contributed by atoms with Crippen molar-refractivity contribution in [2.24, 2.45) is 0 Å². The van der Waals surface area contributed by atoms with E-state index in [1.807, 2.05) is 11.3 Å². The van der Waals surface area contributed by atoms with Crippen molar-refractivity contribution in [1.82, 2.24) is 0 Å². The number of benzene rings is 8. The van der Waals surface area contributed by atoms with Gasteiger partial charge in [-0.25, -0.2) is 0 Å². The first-order chi connectivity index (χ1) is 27.4. The molecule has 11 rings (SSSR count). The lowest BCUT2D eigenvalue weighted by molar-refractivity contribution is 0.587. The second kappa shape index (κ2) is 12.3. The third-order valence-corrected chi connectivity index (χ3v) is 13.0. The van der Waals surface area contributed by atoms with Gasteiger partial charge in [0.2, 0.25) is 0 Å². The first kappa shape index (κ1) is 33.0. The van der Waals surface area contributed by atoms with Crippen molar-refractivity contribution in [2.75, 3.05) is 4.90 Å². The van der Waals surface area contributed by atoms with E-state index in [0.717, 1.165) is 39.0 Å².